The van der Waals surface area contributed by atoms with E-state index in [0.29, 0.717) is 30.4 Å². The van der Waals surface area contributed by atoms with Crippen LogP contribution in [0.5, 0.6) is 0 Å². The Hall–Kier alpha value is -2.05. The lowest BCUT2D eigenvalue weighted by Gasteiger charge is -2.31. The van der Waals surface area contributed by atoms with E-state index in [1.54, 1.807) is 21.0 Å². The topological polar surface area (TPSA) is 78.7 Å². The van der Waals surface area contributed by atoms with Gasteiger partial charge in [0.1, 0.15) is 5.76 Å². The fraction of sp³-hybridized carbons (Fsp3) is 0.706. The monoisotopic (exact) mass is 336 g/mol. The minimum absolute atomic E-state index is 0.00476. The van der Waals surface area contributed by atoms with Gasteiger partial charge < -0.3 is 19.5 Å². The number of aryl methyl sites for hydroxylation is 1. The third-order valence-corrected chi connectivity index (χ3v) is 4.54. The van der Waals surface area contributed by atoms with Crippen LogP contribution in [0.1, 0.15) is 61.2 Å². The number of carbonyl (C=O) groups excluding carboxylic acids is 2. The van der Waals surface area contributed by atoms with Crippen LogP contribution >= 0.6 is 0 Å². The molecule has 7 heteroatoms. The smallest absolute Gasteiger partial charge is 0.317 e. The molecule has 0 spiro atoms. The number of urea groups is 1. The second-order valence-corrected chi connectivity index (χ2v) is 6.68. The minimum Gasteiger partial charge on any atom is -0.445 e. The molecule has 0 aliphatic carbocycles. The Kier molecular flexibility index (Phi) is 5.85. The van der Waals surface area contributed by atoms with E-state index in [1.807, 2.05) is 11.8 Å². The first-order valence-corrected chi connectivity index (χ1v) is 8.57. The van der Waals surface area contributed by atoms with E-state index in [4.69, 9.17) is 4.42 Å². The average molecular weight is 336 g/mol. The van der Waals surface area contributed by atoms with Crippen molar-refractivity contribution in [3.05, 3.63) is 17.3 Å². The van der Waals surface area contributed by atoms with Crippen molar-refractivity contribution in [3.8, 4) is 0 Å². The summed E-state index contributed by atoms with van der Waals surface area (Å²) in [5, 5.41) is 2.99. The molecule has 0 saturated carbocycles. The van der Waals surface area contributed by atoms with Gasteiger partial charge in [0.25, 0.3) is 5.91 Å². The summed E-state index contributed by atoms with van der Waals surface area (Å²) in [5.41, 5.74) is 0.381. The molecule has 134 valence electrons. The van der Waals surface area contributed by atoms with E-state index in [-0.39, 0.29) is 23.9 Å². The van der Waals surface area contributed by atoms with E-state index in [2.05, 4.69) is 17.2 Å². The number of nitrogens with zero attached hydrogens (tertiary/aromatic N) is 3. The molecule has 1 aromatic rings. The van der Waals surface area contributed by atoms with E-state index < -0.39 is 0 Å². The number of hydrogen-bond donors (Lipinski definition) is 1. The maximum Gasteiger partial charge on any atom is 0.317 e. The number of nitrogens with one attached hydrogen (secondary N) is 1. The van der Waals surface area contributed by atoms with Crippen molar-refractivity contribution in [2.24, 2.45) is 0 Å². The van der Waals surface area contributed by atoms with E-state index in [0.717, 1.165) is 19.3 Å². The molecule has 0 radical (unpaired) electrons. The first-order chi connectivity index (χ1) is 11.3. The van der Waals surface area contributed by atoms with E-state index in [1.165, 1.54) is 4.90 Å². The second-order valence-electron chi connectivity index (χ2n) is 6.68. The Morgan fingerprint density at radius 2 is 2.00 bits per heavy atom. The molecule has 7 nitrogen and oxygen atoms in total. The Bertz CT molecular complexity index is 589. The minimum atomic E-state index is -0.145. The third kappa shape index (κ3) is 4.07. The molecule has 1 N–H and O–H groups in total. The van der Waals surface area contributed by atoms with Crippen molar-refractivity contribution >= 4 is 11.9 Å². The number of piperidine rings is 1. The van der Waals surface area contributed by atoms with Crippen molar-refractivity contribution in [2.45, 2.75) is 52.0 Å². The fourth-order valence-electron chi connectivity index (χ4n) is 2.74. The Balaban J connectivity index is 1.96. The van der Waals surface area contributed by atoms with Crippen LogP contribution in [-0.2, 0) is 0 Å². The molecule has 0 unspecified atom stereocenters. The average Bonchev–Trinajstić information content (AvgIpc) is 2.95. The molecule has 1 aromatic heterocycles. The van der Waals surface area contributed by atoms with Crippen LogP contribution in [0.2, 0.25) is 0 Å². The summed E-state index contributed by atoms with van der Waals surface area (Å²) in [6.45, 7) is 7.16. The van der Waals surface area contributed by atoms with Gasteiger partial charge in [-0.15, -0.1) is 0 Å². The number of amides is 3. The van der Waals surface area contributed by atoms with Gasteiger partial charge in [0, 0.05) is 39.1 Å². The van der Waals surface area contributed by atoms with Gasteiger partial charge in [-0.1, -0.05) is 6.92 Å². The molecule has 3 amide bonds. The first kappa shape index (κ1) is 18.3. The molecule has 0 bridgehead atoms. The van der Waals surface area contributed by atoms with Gasteiger partial charge >= 0.3 is 6.03 Å². The SMILES string of the molecule is CC[C@@H](C)NC(=O)N1CCC(c2nc(C(=O)N(C)C)c(C)o2)CC1. The van der Waals surface area contributed by atoms with E-state index in [9.17, 15) is 9.59 Å². The quantitative estimate of drug-likeness (QED) is 0.915. The molecular weight excluding hydrogens is 308 g/mol. The summed E-state index contributed by atoms with van der Waals surface area (Å²) in [6.07, 6.45) is 2.51. The lowest BCUT2D eigenvalue weighted by molar-refractivity contribution is 0.0821. The van der Waals surface area contributed by atoms with Gasteiger partial charge in [0.05, 0.1) is 0 Å². The summed E-state index contributed by atoms with van der Waals surface area (Å²) < 4.78 is 5.73. The highest BCUT2D eigenvalue weighted by atomic mass is 16.4. The van der Waals surface area contributed by atoms with Crippen molar-refractivity contribution in [3.63, 3.8) is 0 Å². The predicted octanol–water partition coefficient (Wildman–Crippen LogP) is 2.37. The van der Waals surface area contributed by atoms with Gasteiger partial charge in [0.15, 0.2) is 11.6 Å². The summed E-state index contributed by atoms with van der Waals surface area (Å²) in [7, 11) is 3.40. The second kappa shape index (κ2) is 7.68. The normalized spacial score (nSPS) is 16.8. The number of oxazole rings is 1. The highest BCUT2D eigenvalue weighted by Gasteiger charge is 2.29. The van der Waals surface area contributed by atoms with Crippen LogP contribution in [-0.4, -0.2) is 59.9 Å². The molecule has 24 heavy (non-hydrogen) atoms. The zero-order valence-corrected chi connectivity index (χ0v) is 15.3. The largest absolute Gasteiger partial charge is 0.445 e. The molecule has 1 fully saturated rings. The summed E-state index contributed by atoms with van der Waals surface area (Å²) in [5.74, 6) is 1.17. The number of rotatable bonds is 4. The van der Waals surface area contributed by atoms with Crippen LogP contribution in [0.4, 0.5) is 4.79 Å². The molecule has 1 saturated heterocycles. The maximum absolute atomic E-state index is 12.2. The number of carbonyl (C=O) groups is 2. The van der Waals surface area contributed by atoms with Crippen molar-refractivity contribution in [2.75, 3.05) is 27.2 Å². The molecule has 2 rings (SSSR count). The lowest BCUT2D eigenvalue weighted by Crippen LogP contribution is -2.46. The molecule has 2 heterocycles. The Labute approximate surface area is 143 Å². The first-order valence-electron chi connectivity index (χ1n) is 8.57. The highest BCUT2D eigenvalue weighted by Crippen LogP contribution is 2.29. The van der Waals surface area contributed by atoms with Gasteiger partial charge in [-0.05, 0) is 33.1 Å². The zero-order valence-electron chi connectivity index (χ0n) is 15.3. The Morgan fingerprint density at radius 3 is 2.54 bits per heavy atom. The maximum atomic E-state index is 12.2. The standard InChI is InChI=1S/C17H28N4O3/c1-6-11(2)18-17(23)21-9-7-13(8-10-21)15-19-14(12(3)24-15)16(22)20(4)5/h11,13H,6-10H2,1-5H3,(H,18,23)/t11-/m1/s1. The van der Waals surface area contributed by atoms with Crippen molar-refractivity contribution < 1.29 is 14.0 Å². The Morgan fingerprint density at radius 1 is 1.38 bits per heavy atom. The molecule has 1 aliphatic heterocycles. The molecule has 1 atom stereocenters. The van der Waals surface area contributed by atoms with Gasteiger partial charge in [-0.3, -0.25) is 4.79 Å². The summed E-state index contributed by atoms with van der Waals surface area (Å²) in [4.78, 5) is 32.0. The van der Waals surface area contributed by atoms with Crippen LogP contribution in [0.25, 0.3) is 0 Å². The van der Waals surface area contributed by atoms with Crippen molar-refractivity contribution in [1.82, 2.24) is 20.1 Å². The van der Waals surface area contributed by atoms with Crippen LogP contribution < -0.4 is 5.32 Å². The number of likely N-dealkylation sites (tertiary alicyclic amines) is 1. The van der Waals surface area contributed by atoms with Gasteiger partial charge in [-0.25, -0.2) is 9.78 Å². The van der Waals surface area contributed by atoms with Gasteiger partial charge in [0.2, 0.25) is 0 Å². The predicted molar refractivity (Wildman–Crippen MR) is 91.1 cm³/mol. The van der Waals surface area contributed by atoms with Gasteiger partial charge in [-0.2, -0.15) is 0 Å². The van der Waals surface area contributed by atoms with Crippen LogP contribution in [0, 0.1) is 6.92 Å². The lowest BCUT2D eigenvalue weighted by atomic mass is 9.97. The molecule has 1 aliphatic rings. The fourth-order valence-corrected chi connectivity index (χ4v) is 2.74. The van der Waals surface area contributed by atoms with Crippen LogP contribution in [0.3, 0.4) is 0 Å². The molecular formula is C17H28N4O3. The summed E-state index contributed by atoms with van der Waals surface area (Å²) in [6, 6.07) is 0.180. The third-order valence-electron chi connectivity index (χ3n) is 4.54. The van der Waals surface area contributed by atoms with Crippen molar-refractivity contribution in [1.29, 1.82) is 0 Å². The zero-order chi connectivity index (χ0) is 17.9. The van der Waals surface area contributed by atoms with Crippen LogP contribution in [0.15, 0.2) is 4.42 Å². The molecule has 0 aromatic carbocycles. The summed E-state index contributed by atoms with van der Waals surface area (Å²) >= 11 is 0. The number of aromatic nitrogens is 1. The van der Waals surface area contributed by atoms with E-state index >= 15 is 0 Å². The highest BCUT2D eigenvalue weighted by molar-refractivity contribution is 5.92. The number of hydrogen-bond acceptors (Lipinski definition) is 4.